The van der Waals surface area contributed by atoms with Gasteiger partial charge < -0.3 is 15.2 Å². The van der Waals surface area contributed by atoms with Gasteiger partial charge in [0.05, 0.1) is 5.69 Å². The Morgan fingerprint density at radius 3 is 2.72 bits per heavy atom. The molecule has 1 amide bonds. The zero-order valence-electron chi connectivity index (χ0n) is 14.7. The molecular weight excluding hydrogens is 342 g/mol. The van der Waals surface area contributed by atoms with Gasteiger partial charge in [-0.05, 0) is 38.4 Å². The molecule has 1 saturated heterocycles. The maximum Gasteiger partial charge on any atom is 0.248 e. The van der Waals surface area contributed by atoms with E-state index in [2.05, 4.69) is 20.9 Å². The van der Waals surface area contributed by atoms with E-state index in [0.717, 1.165) is 55.8 Å². The number of hydrogen-bond acceptors (Lipinski definition) is 5. The van der Waals surface area contributed by atoms with E-state index >= 15 is 0 Å². The number of hydrogen-bond donors (Lipinski definition) is 2. The molecular formula is C17H26ClN5O2. The summed E-state index contributed by atoms with van der Waals surface area (Å²) in [6, 6.07) is 1.86. The molecule has 3 rings (SSSR count). The number of amides is 1. The van der Waals surface area contributed by atoms with Crippen molar-refractivity contribution in [3.63, 3.8) is 0 Å². The highest BCUT2D eigenvalue weighted by Crippen LogP contribution is 2.27. The Bertz CT molecular complexity index is 656. The maximum absolute atomic E-state index is 13.1. The molecule has 2 aromatic heterocycles. The molecule has 0 unspecified atom stereocenters. The van der Waals surface area contributed by atoms with E-state index in [1.54, 1.807) is 10.9 Å². The van der Waals surface area contributed by atoms with Crippen LogP contribution in [0.2, 0.25) is 0 Å². The molecule has 0 spiro atoms. The molecule has 138 valence electrons. The van der Waals surface area contributed by atoms with Crippen molar-refractivity contribution in [2.45, 2.75) is 51.6 Å². The van der Waals surface area contributed by atoms with Crippen molar-refractivity contribution in [3.05, 3.63) is 35.5 Å². The van der Waals surface area contributed by atoms with Crippen LogP contribution in [0.3, 0.4) is 0 Å². The highest BCUT2D eigenvalue weighted by Gasteiger charge is 2.41. The number of halogens is 1. The molecule has 0 aromatic carbocycles. The standard InChI is InChI=1S/C17H25N5O2.ClH/c1-3-14-13(15(4-2)24-21-14)12-19-16(23)17(6-9-18-10-7-17)22-11-5-8-20-22;/h5,8,11,18H,3-4,6-7,9-10,12H2,1-2H3,(H,19,23);1H. The van der Waals surface area contributed by atoms with E-state index in [9.17, 15) is 4.79 Å². The molecule has 2 N–H and O–H groups in total. The molecule has 0 saturated carbocycles. The zero-order valence-corrected chi connectivity index (χ0v) is 15.6. The molecule has 0 radical (unpaired) electrons. The quantitative estimate of drug-likeness (QED) is 0.813. The second kappa shape index (κ2) is 8.49. The predicted octanol–water partition coefficient (Wildman–Crippen LogP) is 1.81. The lowest BCUT2D eigenvalue weighted by molar-refractivity contribution is -0.132. The number of nitrogens with one attached hydrogen (secondary N) is 2. The van der Waals surface area contributed by atoms with Crippen molar-refractivity contribution < 1.29 is 9.32 Å². The summed E-state index contributed by atoms with van der Waals surface area (Å²) >= 11 is 0. The SMILES string of the molecule is CCc1noc(CC)c1CNC(=O)C1(n2cccn2)CCNCC1.Cl. The smallest absolute Gasteiger partial charge is 0.248 e. The van der Waals surface area contributed by atoms with Crippen molar-refractivity contribution in [3.8, 4) is 0 Å². The van der Waals surface area contributed by atoms with Crippen molar-refractivity contribution in [1.82, 2.24) is 25.6 Å². The minimum Gasteiger partial charge on any atom is -0.361 e. The Morgan fingerprint density at radius 1 is 1.36 bits per heavy atom. The van der Waals surface area contributed by atoms with E-state index in [4.69, 9.17) is 4.52 Å². The number of aryl methyl sites for hydroxylation is 2. The molecule has 0 atom stereocenters. The van der Waals surface area contributed by atoms with E-state index in [1.165, 1.54) is 0 Å². The highest BCUT2D eigenvalue weighted by molar-refractivity contribution is 5.85. The molecule has 2 aromatic rings. The molecule has 7 nitrogen and oxygen atoms in total. The molecule has 8 heteroatoms. The number of aromatic nitrogens is 3. The van der Waals surface area contributed by atoms with Crippen molar-refractivity contribution in [2.24, 2.45) is 0 Å². The Morgan fingerprint density at radius 2 is 2.12 bits per heavy atom. The van der Waals surface area contributed by atoms with Gasteiger partial charge in [-0.2, -0.15) is 5.10 Å². The van der Waals surface area contributed by atoms with Gasteiger partial charge in [0, 0.05) is 30.9 Å². The van der Waals surface area contributed by atoms with E-state index < -0.39 is 5.54 Å². The fraction of sp³-hybridized carbons (Fsp3) is 0.588. The molecule has 1 aliphatic rings. The lowest BCUT2D eigenvalue weighted by Gasteiger charge is -2.36. The second-order valence-corrected chi connectivity index (χ2v) is 6.15. The van der Waals surface area contributed by atoms with Crippen LogP contribution in [-0.4, -0.2) is 33.9 Å². The van der Waals surface area contributed by atoms with Gasteiger partial charge in [-0.3, -0.25) is 9.48 Å². The highest BCUT2D eigenvalue weighted by atomic mass is 35.5. The average molecular weight is 368 g/mol. The van der Waals surface area contributed by atoms with Gasteiger partial charge in [0.2, 0.25) is 5.91 Å². The van der Waals surface area contributed by atoms with Gasteiger partial charge >= 0.3 is 0 Å². The summed E-state index contributed by atoms with van der Waals surface area (Å²) in [5.74, 6) is 0.864. The average Bonchev–Trinajstić information content (AvgIpc) is 3.29. The molecule has 0 aliphatic carbocycles. The van der Waals surface area contributed by atoms with E-state index in [1.807, 2.05) is 26.1 Å². The lowest BCUT2D eigenvalue weighted by Crippen LogP contribution is -2.54. The van der Waals surface area contributed by atoms with Gasteiger partial charge in [-0.1, -0.05) is 19.0 Å². The van der Waals surface area contributed by atoms with Crippen LogP contribution in [0.4, 0.5) is 0 Å². The minimum absolute atomic E-state index is 0. The number of carbonyl (C=O) groups excluding carboxylic acids is 1. The third-order valence-electron chi connectivity index (χ3n) is 4.83. The van der Waals surface area contributed by atoms with Crippen molar-refractivity contribution >= 4 is 18.3 Å². The number of piperidine rings is 1. The molecule has 25 heavy (non-hydrogen) atoms. The number of rotatable bonds is 6. The Labute approximate surface area is 153 Å². The predicted molar refractivity (Wildman–Crippen MR) is 96.7 cm³/mol. The zero-order chi connectivity index (χ0) is 17.0. The van der Waals surface area contributed by atoms with Crippen LogP contribution in [-0.2, 0) is 29.7 Å². The van der Waals surface area contributed by atoms with Crippen LogP contribution >= 0.6 is 12.4 Å². The van der Waals surface area contributed by atoms with Crippen LogP contribution in [0.15, 0.2) is 23.0 Å². The minimum atomic E-state index is -0.620. The second-order valence-electron chi connectivity index (χ2n) is 6.15. The first kappa shape index (κ1) is 19.5. The van der Waals surface area contributed by atoms with Gasteiger partial charge in [-0.25, -0.2) is 0 Å². The van der Waals surface area contributed by atoms with Gasteiger partial charge in [0.15, 0.2) is 0 Å². The van der Waals surface area contributed by atoms with Crippen LogP contribution in [0.25, 0.3) is 0 Å². The summed E-state index contributed by atoms with van der Waals surface area (Å²) in [6.07, 6.45) is 6.62. The van der Waals surface area contributed by atoms with Gasteiger partial charge in [0.25, 0.3) is 0 Å². The molecule has 3 heterocycles. The fourth-order valence-electron chi connectivity index (χ4n) is 3.39. The molecule has 1 fully saturated rings. The first-order valence-electron chi connectivity index (χ1n) is 8.66. The molecule has 1 aliphatic heterocycles. The van der Waals surface area contributed by atoms with Crippen LogP contribution in [0.5, 0.6) is 0 Å². The third-order valence-corrected chi connectivity index (χ3v) is 4.83. The van der Waals surface area contributed by atoms with Crippen molar-refractivity contribution in [2.75, 3.05) is 13.1 Å². The van der Waals surface area contributed by atoms with Gasteiger partial charge in [-0.15, -0.1) is 12.4 Å². The van der Waals surface area contributed by atoms with Gasteiger partial charge in [0.1, 0.15) is 11.3 Å². The van der Waals surface area contributed by atoms with Crippen LogP contribution in [0.1, 0.15) is 43.7 Å². The Hall–Kier alpha value is -1.86. The summed E-state index contributed by atoms with van der Waals surface area (Å²) in [5, 5.41) is 14.9. The summed E-state index contributed by atoms with van der Waals surface area (Å²) in [5.41, 5.74) is 1.31. The van der Waals surface area contributed by atoms with Crippen LogP contribution in [0, 0.1) is 0 Å². The summed E-state index contributed by atoms with van der Waals surface area (Å²) in [6.45, 7) is 6.14. The normalized spacial score (nSPS) is 16.2. The first-order chi connectivity index (χ1) is 11.7. The van der Waals surface area contributed by atoms with E-state index in [-0.39, 0.29) is 18.3 Å². The topological polar surface area (TPSA) is 85.0 Å². The summed E-state index contributed by atoms with van der Waals surface area (Å²) < 4.78 is 7.19. The maximum atomic E-state index is 13.1. The summed E-state index contributed by atoms with van der Waals surface area (Å²) in [4.78, 5) is 13.1. The van der Waals surface area contributed by atoms with E-state index in [0.29, 0.717) is 6.54 Å². The lowest BCUT2D eigenvalue weighted by atomic mass is 9.87. The monoisotopic (exact) mass is 367 g/mol. The third kappa shape index (κ3) is 3.72. The molecule has 0 bridgehead atoms. The first-order valence-corrected chi connectivity index (χ1v) is 8.66. The fourth-order valence-corrected chi connectivity index (χ4v) is 3.39. The van der Waals surface area contributed by atoms with Crippen LogP contribution < -0.4 is 10.6 Å². The number of nitrogens with zero attached hydrogens (tertiary/aromatic N) is 3. The van der Waals surface area contributed by atoms with Crippen molar-refractivity contribution in [1.29, 1.82) is 0 Å². The Balaban J connectivity index is 0.00000225. The largest absolute Gasteiger partial charge is 0.361 e. The Kier molecular flexibility index (Phi) is 6.61. The number of carbonyl (C=O) groups is 1. The summed E-state index contributed by atoms with van der Waals surface area (Å²) in [7, 11) is 0.